The molecule has 2 unspecified atom stereocenters. The highest BCUT2D eigenvalue weighted by Gasteiger charge is 2.44. The molecule has 3 aromatic carbocycles. The van der Waals surface area contributed by atoms with E-state index >= 15 is 0 Å². The lowest BCUT2D eigenvalue weighted by atomic mass is 9.92. The molecule has 0 amide bonds. The summed E-state index contributed by atoms with van der Waals surface area (Å²) in [6.45, 7) is 1.42. The van der Waals surface area contributed by atoms with Crippen molar-refractivity contribution in [2.24, 2.45) is 0 Å². The molecule has 0 spiro atoms. The zero-order valence-electron chi connectivity index (χ0n) is 17.0. The van der Waals surface area contributed by atoms with Gasteiger partial charge in [0.05, 0.1) is 5.56 Å². The maximum Gasteiger partial charge on any atom is 0.416 e. The second-order valence-corrected chi connectivity index (χ2v) is 7.29. The van der Waals surface area contributed by atoms with Crippen molar-refractivity contribution in [3.8, 4) is 11.5 Å². The van der Waals surface area contributed by atoms with Gasteiger partial charge in [0.1, 0.15) is 24.2 Å². The third kappa shape index (κ3) is 5.39. The summed E-state index contributed by atoms with van der Waals surface area (Å²) in [5.74, 6) is -1.20. The van der Waals surface area contributed by atoms with Crippen LogP contribution in [0.15, 0.2) is 78.9 Å². The van der Waals surface area contributed by atoms with Gasteiger partial charge in [0.25, 0.3) is 0 Å². The van der Waals surface area contributed by atoms with Crippen molar-refractivity contribution >= 4 is 5.97 Å². The van der Waals surface area contributed by atoms with Crippen LogP contribution < -0.4 is 9.47 Å². The summed E-state index contributed by atoms with van der Waals surface area (Å²) in [6, 6.07) is 19.2. The molecule has 0 aromatic heterocycles. The molecule has 3 rings (SSSR count). The normalized spacial score (nSPS) is 14.3. The summed E-state index contributed by atoms with van der Waals surface area (Å²) in [6.07, 6.45) is -6.17. The maximum atomic E-state index is 12.8. The molecule has 3 aromatic rings. The Bertz CT molecular complexity index is 1050. The zero-order valence-corrected chi connectivity index (χ0v) is 17.0. The fourth-order valence-electron chi connectivity index (χ4n) is 3.01. The minimum atomic E-state index is -4.53. The Hall–Kier alpha value is -3.52. The summed E-state index contributed by atoms with van der Waals surface area (Å²) in [4.78, 5) is 12.0. The zero-order chi connectivity index (χ0) is 23.4. The molecule has 0 fully saturated rings. The van der Waals surface area contributed by atoms with Gasteiger partial charge in [-0.15, -0.1) is 0 Å². The number of aliphatic hydroxyl groups excluding tert-OH is 1. The second-order valence-electron chi connectivity index (χ2n) is 7.29. The number of halogens is 3. The van der Waals surface area contributed by atoms with Gasteiger partial charge in [0.2, 0.25) is 5.60 Å². The molecular weight excluding hydrogens is 425 g/mol. The summed E-state index contributed by atoms with van der Waals surface area (Å²) in [5.41, 5.74) is -1.92. The molecule has 0 saturated heterocycles. The molecule has 168 valence electrons. The maximum absolute atomic E-state index is 12.8. The number of carboxylic acid groups (broad SMARTS) is 1. The molecule has 0 aliphatic rings. The minimum absolute atomic E-state index is 0.126. The minimum Gasteiger partial charge on any atom is -0.489 e. The molecule has 5 nitrogen and oxygen atoms in total. The van der Waals surface area contributed by atoms with Crippen molar-refractivity contribution in [2.45, 2.75) is 31.4 Å². The first-order chi connectivity index (χ1) is 15.1. The first-order valence-corrected chi connectivity index (χ1v) is 9.64. The summed E-state index contributed by atoms with van der Waals surface area (Å²) < 4.78 is 49.4. The molecule has 0 heterocycles. The van der Waals surface area contributed by atoms with E-state index in [1.54, 1.807) is 12.1 Å². The number of aliphatic carboxylic acids is 1. The molecule has 2 atom stereocenters. The molecule has 0 radical (unpaired) electrons. The van der Waals surface area contributed by atoms with Crippen LogP contribution in [-0.4, -0.2) is 21.8 Å². The van der Waals surface area contributed by atoms with Crippen LogP contribution in [0.5, 0.6) is 11.5 Å². The van der Waals surface area contributed by atoms with Crippen molar-refractivity contribution in [2.75, 3.05) is 0 Å². The number of hydrogen-bond donors (Lipinski definition) is 2. The second kappa shape index (κ2) is 9.32. The smallest absolute Gasteiger partial charge is 0.416 e. The Balaban J connectivity index is 1.79. The predicted molar refractivity (Wildman–Crippen MR) is 110 cm³/mol. The Morgan fingerprint density at radius 2 is 1.59 bits per heavy atom. The van der Waals surface area contributed by atoms with E-state index in [1.807, 2.05) is 30.3 Å². The lowest BCUT2D eigenvalue weighted by Gasteiger charge is -2.31. The van der Waals surface area contributed by atoms with E-state index in [4.69, 9.17) is 9.47 Å². The third-order valence-corrected chi connectivity index (χ3v) is 4.88. The number of carbonyl (C=O) groups is 1. The molecule has 2 N–H and O–H groups in total. The number of ether oxygens (including phenoxy) is 2. The SMILES string of the molecule is CC(Oc1ccc(C(F)(F)F)cc1)(C(=O)O)C(O)c1cccc(OCc2ccccc2)c1. The van der Waals surface area contributed by atoms with E-state index in [2.05, 4.69) is 0 Å². The predicted octanol–water partition coefficient (Wildman–Crippen LogP) is 5.24. The van der Waals surface area contributed by atoms with Gasteiger partial charge in [-0.05, 0) is 54.4 Å². The lowest BCUT2D eigenvalue weighted by Crippen LogP contribution is -2.47. The van der Waals surface area contributed by atoms with Crippen LogP contribution in [0.2, 0.25) is 0 Å². The highest BCUT2D eigenvalue weighted by Crippen LogP contribution is 2.35. The Morgan fingerprint density at radius 3 is 2.19 bits per heavy atom. The number of benzene rings is 3. The summed E-state index contributed by atoms with van der Waals surface area (Å²) in [7, 11) is 0. The van der Waals surface area contributed by atoms with Gasteiger partial charge in [0, 0.05) is 0 Å². The molecular formula is C24H21F3O5. The third-order valence-electron chi connectivity index (χ3n) is 4.88. The highest BCUT2D eigenvalue weighted by molar-refractivity contribution is 5.78. The number of carboxylic acids is 1. The standard InChI is InChI=1S/C24H21F3O5/c1-23(22(29)30,32-19-12-10-18(11-13-19)24(25,26)27)21(28)17-8-5-9-20(14-17)31-15-16-6-3-2-4-7-16/h2-14,21,28H,15H2,1H3,(H,29,30). The first kappa shape index (κ1) is 23.1. The lowest BCUT2D eigenvalue weighted by molar-refractivity contribution is -0.164. The fraction of sp³-hybridized carbons (Fsp3) is 0.208. The van der Waals surface area contributed by atoms with Gasteiger partial charge in [-0.2, -0.15) is 13.2 Å². The average molecular weight is 446 g/mol. The number of hydrogen-bond acceptors (Lipinski definition) is 4. The largest absolute Gasteiger partial charge is 0.489 e. The monoisotopic (exact) mass is 446 g/mol. The molecule has 0 bridgehead atoms. The van der Waals surface area contributed by atoms with Gasteiger partial charge >= 0.3 is 12.1 Å². The Kier molecular flexibility index (Phi) is 6.74. The van der Waals surface area contributed by atoms with Crippen LogP contribution in [0.25, 0.3) is 0 Å². The summed E-state index contributed by atoms with van der Waals surface area (Å²) in [5, 5.41) is 20.6. The molecule has 8 heteroatoms. The molecule has 0 aliphatic heterocycles. The summed E-state index contributed by atoms with van der Waals surface area (Å²) >= 11 is 0. The Labute approximate surface area is 182 Å². The van der Waals surface area contributed by atoms with E-state index in [9.17, 15) is 28.2 Å². The van der Waals surface area contributed by atoms with Crippen molar-refractivity contribution in [1.82, 2.24) is 0 Å². The van der Waals surface area contributed by atoms with Crippen molar-refractivity contribution < 1.29 is 37.7 Å². The van der Waals surface area contributed by atoms with Gasteiger partial charge in [-0.3, -0.25) is 0 Å². The van der Waals surface area contributed by atoms with Gasteiger partial charge in [-0.1, -0.05) is 42.5 Å². The highest BCUT2D eigenvalue weighted by atomic mass is 19.4. The van der Waals surface area contributed by atoms with Gasteiger partial charge in [0.15, 0.2) is 0 Å². The molecule has 0 aliphatic carbocycles. The van der Waals surface area contributed by atoms with Gasteiger partial charge < -0.3 is 19.7 Å². The van der Waals surface area contributed by atoms with Crippen LogP contribution >= 0.6 is 0 Å². The first-order valence-electron chi connectivity index (χ1n) is 9.64. The van der Waals surface area contributed by atoms with Crippen LogP contribution in [0.3, 0.4) is 0 Å². The van der Waals surface area contributed by atoms with Crippen molar-refractivity contribution in [1.29, 1.82) is 0 Å². The van der Waals surface area contributed by atoms with E-state index in [0.29, 0.717) is 5.75 Å². The number of alkyl halides is 3. The van der Waals surface area contributed by atoms with Crippen LogP contribution in [0.1, 0.15) is 29.7 Å². The van der Waals surface area contributed by atoms with Crippen LogP contribution in [0, 0.1) is 0 Å². The molecule has 0 saturated carbocycles. The van der Waals surface area contributed by atoms with E-state index in [-0.39, 0.29) is 17.9 Å². The van der Waals surface area contributed by atoms with E-state index in [0.717, 1.165) is 36.8 Å². The fourth-order valence-corrected chi connectivity index (χ4v) is 3.01. The van der Waals surface area contributed by atoms with Crippen LogP contribution in [-0.2, 0) is 17.6 Å². The number of rotatable bonds is 8. The topological polar surface area (TPSA) is 76.0 Å². The number of aliphatic hydroxyl groups is 1. The van der Waals surface area contributed by atoms with Crippen molar-refractivity contribution in [3.05, 3.63) is 95.6 Å². The van der Waals surface area contributed by atoms with Crippen LogP contribution in [0.4, 0.5) is 13.2 Å². The van der Waals surface area contributed by atoms with Crippen molar-refractivity contribution in [3.63, 3.8) is 0 Å². The Morgan fingerprint density at radius 1 is 0.938 bits per heavy atom. The molecule has 32 heavy (non-hydrogen) atoms. The quantitative estimate of drug-likeness (QED) is 0.495. The van der Waals surface area contributed by atoms with E-state index < -0.39 is 29.4 Å². The average Bonchev–Trinajstić information content (AvgIpc) is 2.77. The van der Waals surface area contributed by atoms with Gasteiger partial charge in [-0.25, -0.2) is 4.79 Å². The van der Waals surface area contributed by atoms with E-state index in [1.165, 1.54) is 12.1 Å².